The number of nitrogens with zero attached hydrogens (tertiary/aromatic N) is 4. The number of aliphatic hydroxyl groups is 3. The summed E-state index contributed by atoms with van der Waals surface area (Å²) < 4.78 is 78.3. The van der Waals surface area contributed by atoms with Gasteiger partial charge in [-0.3, -0.25) is 13.8 Å². The second-order valence-corrected chi connectivity index (χ2v) is 24.5. The lowest BCUT2D eigenvalue weighted by Crippen LogP contribution is -2.59. The number of carboxylic acid groups (broad SMARTS) is 1. The zero-order valence-electron chi connectivity index (χ0n) is 48.8. The SMILES string of the molecule is C#C[C@@H]1C[C@@](C)(O)/C(=C\O[C@@H]2O[C@H](C)CC(N(C)C)[C@H]2O)[C@@H](C)[C@H](O[C@H]2C[C@@](C)(OC)[C@@H](OS(=O)(=O)CCNCCCc3cc4c5c(c3)c(=O)c(C(=O)O)cn5COC4)[C@H](C)O2)[C@@H](C)C(=O)O[C@H](CC)[C@@H](O)[C@H](N)[C@@H](C)/C1=N/OCC#N. The largest absolute Gasteiger partial charge is 0.477 e. The molecule has 0 saturated carbocycles. The lowest BCUT2D eigenvalue weighted by atomic mass is 9.74. The number of likely N-dealkylation sites (N-methyl/N-ethyl adjacent to an activating group) is 1. The molecule has 456 valence electrons. The number of nitrogens with two attached hydrogens (primary N) is 1. The molecule has 0 aliphatic carbocycles. The minimum absolute atomic E-state index is 0.0211. The highest BCUT2D eigenvalue weighted by molar-refractivity contribution is 7.86. The van der Waals surface area contributed by atoms with Crippen LogP contribution < -0.4 is 16.5 Å². The molecule has 4 aliphatic heterocycles. The Bertz CT molecular complexity index is 2890. The molecule has 5 heterocycles. The maximum absolute atomic E-state index is 14.5. The number of methoxy groups -OCH3 is 1. The molecule has 25 heteroatoms. The normalized spacial score (nSPS) is 35.1. The zero-order chi connectivity index (χ0) is 60.6. The standard InChI is InChI=1S/C57H84N6O18S/c1-13-37-25-56(8,70)41(29-75-55-49(65)42(62(10)11)22-31(3)77-55)32(4)51(34(6)54(69)79-43(14-2)50(66)45(59)33(5)46(37)61-76-20-17-58)80-44-26-57(9,73-12)52(35(7)78-44)81-82(71,72)21-19-60-18-15-16-36-23-38-28-74-30-63-27-40(53(67)68)48(64)39(24-36)47(38)63/h1,23-24,27,29,31-35,37,42-45,49-52,55,60,65-66,70H,14-16,18-22,25-26,28,30,59H2,2-12H3,(H,67,68)/b41-29-,61-46-/t31-,32-,33-,34-,35+,37-,42?,43-,44+,45-,49-,50-,51+,52+,55-,56-,57-/m1/s1. The van der Waals surface area contributed by atoms with Crippen LogP contribution in [0.25, 0.3) is 10.9 Å². The van der Waals surface area contributed by atoms with Gasteiger partial charge in [0, 0.05) is 66.7 Å². The highest BCUT2D eigenvalue weighted by Gasteiger charge is 2.52. The molecule has 1 aromatic heterocycles. The fourth-order valence-corrected chi connectivity index (χ4v) is 12.8. The van der Waals surface area contributed by atoms with E-state index in [4.69, 9.17) is 54.3 Å². The Morgan fingerprint density at radius 3 is 2.44 bits per heavy atom. The number of benzene rings is 1. The summed E-state index contributed by atoms with van der Waals surface area (Å²) in [6.07, 6.45) is 0.0846. The summed E-state index contributed by atoms with van der Waals surface area (Å²) in [7, 11) is 0.802. The van der Waals surface area contributed by atoms with Gasteiger partial charge in [0.15, 0.2) is 6.29 Å². The van der Waals surface area contributed by atoms with E-state index in [2.05, 4.69) is 16.4 Å². The van der Waals surface area contributed by atoms with E-state index in [1.54, 1.807) is 52.2 Å². The molecule has 0 bridgehead atoms. The summed E-state index contributed by atoms with van der Waals surface area (Å²) in [5, 5.41) is 62.8. The van der Waals surface area contributed by atoms with Crippen molar-refractivity contribution in [1.29, 1.82) is 5.26 Å². The van der Waals surface area contributed by atoms with E-state index in [1.807, 2.05) is 38.1 Å². The second-order valence-electron chi connectivity index (χ2n) is 22.7. The van der Waals surface area contributed by atoms with Crippen LogP contribution in [0.15, 0.2) is 40.1 Å². The van der Waals surface area contributed by atoms with Gasteiger partial charge >= 0.3 is 11.9 Å². The minimum Gasteiger partial charge on any atom is -0.477 e. The first-order chi connectivity index (χ1) is 38.6. The third-order valence-corrected chi connectivity index (χ3v) is 17.6. The minimum atomic E-state index is -4.25. The lowest BCUT2D eigenvalue weighted by Gasteiger charge is -2.47. The Labute approximate surface area is 480 Å². The van der Waals surface area contributed by atoms with Crippen LogP contribution >= 0.6 is 0 Å². The summed E-state index contributed by atoms with van der Waals surface area (Å²) in [6.45, 7) is 13.5. The van der Waals surface area contributed by atoms with Crippen LogP contribution in [0, 0.1) is 47.3 Å². The Balaban J connectivity index is 1.23. The van der Waals surface area contributed by atoms with Gasteiger partial charge in [-0.15, -0.1) is 6.42 Å². The number of hydrogen-bond donors (Lipinski definition) is 6. The number of nitrogens with one attached hydrogen (secondary N) is 1. The molecule has 82 heavy (non-hydrogen) atoms. The number of carbonyl (C=O) groups is 2. The Morgan fingerprint density at radius 2 is 1.79 bits per heavy atom. The smallest absolute Gasteiger partial charge is 0.341 e. The molecule has 0 radical (unpaired) electrons. The average Bonchev–Trinajstić information content (AvgIpc) is 3.61. The van der Waals surface area contributed by atoms with Crippen molar-refractivity contribution in [2.45, 2.75) is 186 Å². The first-order valence-corrected chi connectivity index (χ1v) is 29.4. The van der Waals surface area contributed by atoms with Crippen molar-refractivity contribution >= 4 is 38.7 Å². The third kappa shape index (κ3) is 15.4. The van der Waals surface area contributed by atoms with Crippen LogP contribution in [0.1, 0.15) is 109 Å². The number of esters is 1. The van der Waals surface area contributed by atoms with Crippen molar-refractivity contribution in [1.82, 2.24) is 14.8 Å². The van der Waals surface area contributed by atoms with Crippen LogP contribution in [0.2, 0.25) is 0 Å². The van der Waals surface area contributed by atoms with Crippen molar-refractivity contribution in [3.8, 4) is 18.4 Å². The quantitative estimate of drug-likeness (QED) is 0.0294. The number of aryl methyl sites for hydroxylation is 1. The van der Waals surface area contributed by atoms with E-state index in [0.717, 1.165) is 11.1 Å². The number of hydrogen-bond acceptors (Lipinski definition) is 22. The molecule has 3 fully saturated rings. The molecule has 24 nitrogen and oxygen atoms in total. The van der Waals surface area contributed by atoms with Gasteiger partial charge in [0.25, 0.3) is 10.1 Å². The summed E-state index contributed by atoms with van der Waals surface area (Å²) in [4.78, 5) is 46.7. The van der Waals surface area contributed by atoms with E-state index in [-0.39, 0.29) is 68.1 Å². The molecule has 0 amide bonds. The first kappa shape index (κ1) is 66.0. The Kier molecular flexibility index (Phi) is 22.7. The molecule has 6 rings (SSSR count). The van der Waals surface area contributed by atoms with Crippen LogP contribution in [0.5, 0.6) is 0 Å². The second kappa shape index (κ2) is 28.2. The van der Waals surface area contributed by atoms with Crippen LogP contribution in [0.3, 0.4) is 0 Å². The third-order valence-electron chi connectivity index (χ3n) is 16.4. The van der Waals surface area contributed by atoms with Crippen molar-refractivity contribution in [2.24, 2.45) is 34.6 Å². The molecule has 1 aromatic carbocycles. The molecule has 0 spiro atoms. The van der Waals surface area contributed by atoms with E-state index < -0.39 is 130 Å². The Hall–Kier alpha value is -5.10. The first-order valence-electron chi connectivity index (χ1n) is 27.8. The van der Waals surface area contributed by atoms with Gasteiger partial charge in [-0.1, -0.05) is 37.9 Å². The van der Waals surface area contributed by atoms with Crippen molar-refractivity contribution in [3.63, 3.8) is 0 Å². The fraction of sp³-hybridized carbons (Fsp3) is 0.702. The van der Waals surface area contributed by atoms with E-state index in [0.29, 0.717) is 36.7 Å². The number of terminal acetylenes is 1. The van der Waals surface area contributed by atoms with Gasteiger partial charge in [-0.2, -0.15) is 13.7 Å². The molecule has 7 N–H and O–H groups in total. The molecular weight excluding hydrogens is 1090 g/mol. The van der Waals surface area contributed by atoms with Gasteiger partial charge < -0.3 is 78.9 Å². The van der Waals surface area contributed by atoms with Crippen LogP contribution in [-0.2, 0) is 76.8 Å². The number of cyclic esters (lactones) is 1. The predicted octanol–water partition coefficient (Wildman–Crippen LogP) is 2.89. The number of carbonyl (C=O) groups excluding carboxylic acids is 1. The number of carboxylic acids is 1. The number of aliphatic hydroxyl groups excluding tert-OH is 2. The molecule has 3 saturated heterocycles. The van der Waals surface area contributed by atoms with Gasteiger partial charge in [0.05, 0.1) is 71.2 Å². The predicted molar refractivity (Wildman–Crippen MR) is 299 cm³/mol. The zero-order valence-corrected chi connectivity index (χ0v) is 49.6. The summed E-state index contributed by atoms with van der Waals surface area (Å²) in [5.41, 5.74) is 4.90. The number of pyridine rings is 1. The van der Waals surface area contributed by atoms with Gasteiger partial charge in [-0.25, -0.2) is 4.79 Å². The maximum atomic E-state index is 14.5. The number of rotatable bonds is 19. The summed E-state index contributed by atoms with van der Waals surface area (Å²) in [5.74, 6) is -3.95. The van der Waals surface area contributed by atoms with E-state index in [1.165, 1.54) is 26.5 Å². The maximum Gasteiger partial charge on any atom is 0.341 e. The number of oxime groups is 1. The van der Waals surface area contributed by atoms with Crippen molar-refractivity contribution in [2.75, 3.05) is 46.7 Å². The number of nitriles is 1. The highest BCUT2D eigenvalue weighted by atomic mass is 32.2. The van der Waals surface area contributed by atoms with Crippen LogP contribution in [0.4, 0.5) is 0 Å². The monoisotopic (exact) mass is 1170 g/mol. The van der Waals surface area contributed by atoms with Crippen LogP contribution in [-0.4, -0.2) is 181 Å². The van der Waals surface area contributed by atoms with Crippen molar-refractivity contribution in [3.05, 3.63) is 57.1 Å². The molecule has 2 aromatic rings. The van der Waals surface area contributed by atoms with Gasteiger partial charge in [-0.05, 0) is 99.0 Å². The molecular formula is C57H84N6O18S. The van der Waals surface area contributed by atoms with E-state index >= 15 is 0 Å². The Morgan fingerprint density at radius 1 is 1.07 bits per heavy atom. The fourth-order valence-electron chi connectivity index (χ4n) is 11.6. The molecule has 17 atom stereocenters. The number of aromatic carboxylic acids is 1. The summed E-state index contributed by atoms with van der Waals surface area (Å²) in [6, 6.07) is 3.95. The molecule has 4 aliphatic rings. The topological polar surface area (TPSA) is 332 Å². The lowest BCUT2D eigenvalue weighted by molar-refractivity contribution is -0.290. The van der Waals surface area contributed by atoms with Gasteiger partial charge in [0.2, 0.25) is 18.3 Å². The number of aromatic nitrogens is 1. The molecule has 1 unspecified atom stereocenters. The highest BCUT2D eigenvalue weighted by Crippen LogP contribution is 2.42. The van der Waals surface area contributed by atoms with Crippen molar-refractivity contribution < 1.29 is 80.6 Å². The summed E-state index contributed by atoms with van der Waals surface area (Å²) >= 11 is 0. The average molecular weight is 1170 g/mol. The number of ether oxygens (including phenoxy) is 7. The van der Waals surface area contributed by atoms with E-state index in [9.17, 15) is 48.5 Å². The van der Waals surface area contributed by atoms with Gasteiger partial charge in [0.1, 0.15) is 42.8 Å².